The smallest absolute Gasteiger partial charge is 0.414 e. The monoisotopic (exact) mass is 479 g/mol. The lowest BCUT2D eigenvalue weighted by atomic mass is 9.97. The molecule has 0 unspecified atom stereocenters. The fraction of sp³-hybridized carbons (Fsp3) is 0.409. The molecule has 2 aliphatic rings. The molecule has 0 aliphatic carbocycles. The van der Waals surface area contributed by atoms with E-state index in [2.05, 4.69) is 9.68 Å². The van der Waals surface area contributed by atoms with Gasteiger partial charge in [-0.05, 0) is 29.3 Å². The highest BCUT2D eigenvalue weighted by atomic mass is 19.1. The Balaban J connectivity index is 1.41. The molecule has 1 saturated heterocycles. The molecule has 0 spiro atoms. The van der Waals surface area contributed by atoms with Gasteiger partial charge in [-0.25, -0.2) is 13.6 Å². The maximum Gasteiger partial charge on any atom is 0.414 e. The molecule has 1 aromatic carbocycles. The zero-order chi connectivity index (χ0) is 24.2. The summed E-state index contributed by atoms with van der Waals surface area (Å²) >= 11 is 0. The molecule has 0 radical (unpaired) electrons. The third-order valence-corrected chi connectivity index (χ3v) is 5.58. The van der Waals surface area contributed by atoms with Gasteiger partial charge in [-0.2, -0.15) is 0 Å². The normalized spacial score (nSPS) is 19.6. The molecule has 2 N–H and O–H groups in total. The van der Waals surface area contributed by atoms with Gasteiger partial charge < -0.3 is 24.2 Å². The number of aliphatic hydroxyl groups is 2. The lowest BCUT2D eigenvalue weighted by molar-refractivity contribution is -0.130. The Morgan fingerprint density at radius 1 is 1.32 bits per heavy atom. The van der Waals surface area contributed by atoms with Gasteiger partial charge in [0.15, 0.2) is 11.9 Å². The van der Waals surface area contributed by atoms with Crippen molar-refractivity contribution in [3.63, 3.8) is 0 Å². The molecule has 4 rings (SSSR count). The fourth-order valence-electron chi connectivity index (χ4n) is 3.81. The average Bonchev–Trinajstić information content (AvgIpc) is 3.47. The number of aliphatic hydroxyl groups excluding tert-OH is 2. The van der Waals surface area contributed by atoms with E-state index in [9.17, 15) is 23.5 Å². The lowest BCUT2D eigenvalue weighted by Crippen LogP contribution is -2.39. The van der Waals surface area contributed by atoms with Gasteiger partial charge in [-0.15, -0.1) is 0 Å². The quantitative estimate of drug-likeness (QED) is 0.548. The minimum absolute atomic E-state index is 0.000950. The van der Waals surface area contributed by atoms with Crippen molar-refractivity contribution in [2.45, 2.75) is 18.6 Å². The van der Waals surface area contributed by atoms with Crippen LogP contribution in [0.3, 0.4) is 0 Å². The van der Waals surface area contributed by atoms with Gasteiger partial charge in [0.1, 0.15) is 30.6 Å². The van der Waals surface area contributed by atoms with E-state index >= 15 is 0 Å². The van der Waals surface area contributed by atoms with Gasteiger partial charge >= 0.3 is 6.09 Å². The highest BCUT2D eigenvalue weighted by molar-refractivity contribution is 5.90. The van der Waals surface area contributed by atoms with Gasteiger partial charge in [0.25, 0.3) is 5.88 Å². The van der Waals surface area contributed by atoms with E-state index in [1.165, 1.54) is 12.3 Å². The molecule has 34 heavy (non-hydrogen) atoms. The molecule has 182 valence electrons. The number of ketones is 1. The van der Waals surface area contributed by atoms with Crippen LogP contribution < -0.4 is 9.64 Å². The first-order valence-electron chi connectivity index (χ1n) is 10.6. The number of carbonyl (C=O) groups is 2. The maximum absolute atomic E-state index is 14.9. The van der Waals surface area contributed by atoms with Gasteiger partial charge in [0, 0.05) is 24.7 Å². The summed E-state index contributed by atoms with van der Waals surface area (Å²) in [6, 6.07) is 3.65. The SMILES string of the molecule is O=C(CN1CC=C(c2c(F)cc(N3C[C@@H](COc4ccon4)OC3=O)cc2F)CC1)[C@H](O)CO. The van der Waals surface area contributed by atoms with E-state index < -0.39 is 42.3 Å². The van der Waals surface area contributed by atoms with E-state index in [1.54, 1.807) is 11.0 Å². The van der Waals surface area contributed by atoms with Crippen LogP contribution in [-0.4, -0.2) is 83.7 Å². The van der Waals surface area contributed by atoms with Crippen LogP contribution in [0, 0.1) is 11.6 Å². The molecule has 3 heterocycles. The van der Waals surface area contributed by atoms with Crippen LogP contribution >= 0.6 is 0 Å². The van der Waals surface area contributed by atoms with Crippen LogP contribution in [0.25, 0.3) is 5.57 Å². The number of nitrogens with zero attached hydrogens (tertiary/aromatic N) is 3. The van der Waals surface area contributed by atoms with Crippen molar-refractivity contribution in [3.05, 3.63) is 47.7 Å². The van der Waals surface area contributed by atoms with Crippen LogP contribution in [0.15, 0.2) is 35.1 Å². The number of benzene rings is 1. The van der Waals surface area contributed by atoms with Crippen molar-refractivity contribution in [1.82, 2.24) is 10.1 Å². The first-order chi connectivity index (χ1) is 16.4. The molecule has 1 amide bonds. The summed E-state index contributed by atoms with van der Waals surface area (Å²) in [5.41, 5.74) is 0.272. The number of anilines is 1. The largest absolute Gasteiger partial charge is 0.471 e. The Bertz CT molecular complexity index is 1050. The summed E-state index contributed by atoms with van der Waals surface area (Å²) in [7, 11) is 0. The topological polar surface area (TPSA) is 126 Å². The van der Waals surface area contributed by atoms with Crippen LogP contribution in [0.1, 0.15) is 12.0 Å². The van der Waals surface area contributed by atoms with Crippen LogP contribution in [-0.2, 0) is 9.53 Å². The van der Waals surface area contributed by atoms with Gasteiger partial charge in [-0.1, -0.05) is 6.08 Å². The second-order valence-corrected chi connectivity index (χ2v) is 7.93. The number of rotatable bonds is 9. The number of carbonyl (C=O) groups excluding carboxylic acids is 2. The van der Waals surface area contributed by atoms with E-state index in [4.69, 9.17) is 14.6 Å². The lowest BCUT2D eigenvalue weighted by Gasteiger charge is -2.27. The molecule has 1 aromatic heterocycles. The van der Waals surface area contributed by atoms with Gasteiger partial charge in [0.05, 0.1) is 25.4 Å². The van der Waals surface area contributed by atoms with Crippen molar-refractivity contribution in [2.75, 3.05) is 44.3 Å². The van der Waals surface area contributed by atoms with Crippen molar-refractivity contribution >= 4 is 23.1 Å². The number of cyclic esters (lactones) is 1. The number of aromatic nitrogens is 1. The number of Topliss-reactive ketones (excluding diaryl/α,β-unsaturated/α-hetero) is 1. The molecule has 2 aromatic rings. The zero-order valence-corrected chi connectivity index (χ0v) is 18.0. The number of hydrogen-bond donors (Lipinski definition) is 2. The number of ether oxygens (including phenoxy) is 2. The molecule has 2 atom stereocenters. The fourth-order valence-corrected chi connectivity index (χ4v) is 3.81. The highest BCUT2D eigenvalue weighted by Crippen LogP contribution is 2.32. The van der Waals surface area contributed by atoms with E-state index in [0.717, 1.165) is 17.0 Å². The van der Waals surface area contributed by atoms with Crippen molar-refractivity contribution in [2.24, 2.45) is 0 Å². The molecular weight excluding hydrogens is 456 g/mol. The Kier molecular flexibility index (Phi) is 7.20. The van der Waals surface area contributed by atoms with Crippen LogP contribution in [0.2, 0.25) is 0 Å². The second-order valence-electron chi connectivity index (χ2n) is 7.93. The minimum atomic E-state index is -1.45. The Morgan fingerprint density at radius 2 is 2.09 bits per heavy atom. The van der Waals surface area contributed by atoms with Crippen molar-refractivity contribution in [3.8, 4) is 5.88 Å². The standard InChI is InChI=1S/C22H23F2N3O7/c23-16-7-14(27-9-15(34-22(27)31)12-32-20-3-6-33-25-20)8-17(24)21(16)13-1-4-26(5-2-13)10-18(29)19(30)11-28/h1,3,6-8,15,19,28,30H,2,4-5,9-12H2/t15-,19+/m0/s1. The predicted octanol–water partition coefficient (Wildman–Crippen LogP) is 1.37. The molecule has 10 nitrogen and oxygen atoms in total. The first-order valence-corrected chi connectivity index (χ1v) is 10.6. The van der Waals surface area contributed by atoms with Gasteiger partial charge in [0.2, 0.25) is 0 Å². The first kappa shape index (κ1) is 23.8. The van der Waals surface area contributed by atoms with Crippen molar-refractivity contribution < 1.29 is 42.6 Å². The Morgan fingerprint density at radius 3 is 2.71 bits per heavy atom. The second kappa shape index (κ2) is 10.3. The number of amides is 1. The van der Waals surface area contributed by atoms with Crippen LogP contribution in [0.5, 0.6) is 5.88 Å². The molecule has 0 saturated carbocycles. The number of halogens is 2. The highest BCUT2D eigenvalue weighted by Gasteiger charge is 2.34. The van der Waals surface area contributed by atoms with Crippen LogP contribution in [0.4, 0.5) is 19.3 Å². The molecule has 12 heteroatoms. The summed E-state index contributed by atoms with van der Waals surface area (Å²) < 4.78 is 45.1. The minimum Gasteiger partial charge on any atom is -0.471 e. The van der Waals surface area contributed by atoms with Crippen molar-refractivity contribution in [1.29, 1.82) is 0 Å². The molecule has 1 fully saturated rings. The number of hydrogen-bond acceptors (Lipinski definition) is 9. The Hall–Kier alpha value is -3.35. The third kappa shape index (κ3) is 5.24. The summed E-state index contributed by atoms with van der Waals surface area (Å²) in [4.78, 5) is 26.8. The summed E-state index contributed by atoms with van der Waals surface area (Å²) in [6.07, 6.45) is 0.374. The predicted molar refractivity (Wildman–Crippen MR) is 113 cm³/mol. The Labute approximate surface area is 192 Å². The zero-order valence-electron chi connectivity index (χ0n) is 18.0. The molecule has 2 aliphatic heterocycles. The average molecular weight is 479 g/mol. The maximum atomic E-state index is 14.9. The summed E-state index contributed by atoms with van der Waals surface area (Å²) in [6.45, 7) is -0.0860. The van der Waals surface area contributed by atoms with E-state index in [-0.39, 0.29) is 49.8 Å². The van der Waals surface area contributed by atoms with E-state index in [0.29, 0.717) is 12.1 Å². The molecular formula is C22H23F2N3O7. The van der Waals surface area contributed by atoms with Gasteiger partial charge in [-0.3, -0.25) is 14.6 Å². The van der Waals surface area contributed by atoms with E-state index in [1.807, 2.05) is 0 Å². The molecule has 0 bridgehead atoms. The third-order valence-electron chi connectivity index (χ3n) is 5.58. The summed E-state index contributed by atoms with van der Waals surface area (Å²) in [5.74, 6) is -1.94. The summed E-state index contributed by atoms with van der Waals surface area (Å²) in [5, 5.41) is 21.8.